The number of carbonyl (C=O) groups is 1. The first-order valence-corrected chi connectivity index (χ1v) is 9.14. The van der Waals surface area contributed by atoms with Crippen LogP contribution in [0.5, 0.6) is 0 Å². The predicted molar refractivity (Wildman–Crippen MR) is 104 cm³/mol. The fourth-order valence-electron chi connectivity index (χ4n) is 3.49. The van der Waals surface area contributed by atoms with Crippen LogP contribution in [0.3, 0.4) is 0 Å². The molecular weight excluding hydrogens is 358 g/mol. The molecule has 0 spiro atoms. The molecule has 1 saturated heterocycles. The number of oxazole rings is 1. The van der Waals surface area contributed by atoms with E-state index < -0.39 is 0 Å². The number of benzene rings is 1. The van der Waals surface area contributed by atoms with Gasteiger partial charge in [-0.2, -0.15) is 0 Å². The van der Waals surface area contributed by atoms with Crippen molar-refractivity contribution in [2.75, 3.05) is 23.7 Å². The summed E-state index contributed by atoms with van der Waals surface area (Å²) in [5.74, 6) is 1.37. The van der Waals surface area contributed by atoms with Gasteiger partial charge in [0, 0.05) is 44.1 Å². The van der Waals surface area contributed by atoms with E-state index in [1.54, 1.807) is 22.5 Å². The van der Waals surface area contributed by atoms with Gasteiger partial charge in [-0.1, -0.05) is 0 Å². The molecule has 4 aromatic rings. The Morgan fingerprint density at radius 1 is 1.29 bits per heavy atom. The molecule has 1 atom stereocenters. The van der Waals surface area contributed by atoms with Crippen LogP contribution in [0.2, 0.25) is 0 Å². The smallest absolute Gasteiger partial charge is 0.321 e. The summed E-state index contributed by atoms with van der Waals surface area (Å²) in [6.07, 6.45) is 4.38. The van der Waals surface area contributed by atoms with Gasteiger partial charge < -0.3 is 20.0 Å². The fraction of sp³-hybridized carbons (Fsp3) is 0.263. The summed E-state index contributed by atoms with van der Waals surface area (Å²) in [4.78, 5) is 22.9. The molecule has 1 aromatic carbocycles. The van der Waals surface area contributed by atoms with Crippen LogP contribution in [0.15, 0.2) is 47.1 Å². The molecule has 28 heavy (non-hydrogen) atoms. The summed E-state index contributed by atoms with van der Waals surface area (Å²) < 4.78 is 7.19. The Kier molecular flexibility index (Phi) is 3.85. The highest BCUT2D eigenvalue weighted by Crippen LogP contribution is 2.21. The van der Waals surface area contributed by atoms with Gasteiger partial charge in [-0.3, -0.25) is 0 Å². The molecular formula is C19H19N7O2. The van der Waals surface area contributed by atoms with Crippen molar-refractivity contribution >= 4 is 34.3 Å². The van der Waals surface area contributed by atoms with Gasteiger partial charge in [-0.25, -0.2) is 19.3 Å². The van der Waals surface area contributed by atoms with E-state index in [-0.39, 0.29) is 12.1 Å². The van der Waals surface area contributed by atoms with Crippen molar-refractivity contribution in [1.29, 1.82) is 0 Å². The Morgan fingerprint density at radius 3 is 3.14 bits per heavy atom. The molecule has 4 heterocycles. The SMILES string of the molecule is Cc1nc2cc(NC(=O)N3CCC(Nc4ccc5nccn5n4)C3)ccc2o1. The van der Waals surface area contributed by atoms with E-state index in [1.165, 1.54) is 0 Å². The average molecular weight is 377 g/mol. The number of hydrogen-bond donors (Lipinski definition) is 2. The lowest BCUT2D eigenvalue weighted by molar-refractivity contribution is 0.222. The van der Waals surface area contributed by atoms with Gasteiger partial charge in [0.05, 0.1) is 0 Å². The van der Waals surface area contributed by atoms with Gasteiger partial charge in [0.25, 0.3) is 0 Å². The van der Waals surface area contributed by atoms with Crippen molar-refractivity contribution in [2.45, 2.75) is 19.4 Å². The third-order valence-corrected chi connectivity index (χ3v) is 4.83. The van der Waals surface area contributed by atoms with Gasteiger partial charge in [0.1, 0.15) is 11.3 Å². The minimum Gasteiger partial charge on any atom is -0.441 e. The van der Waals surface area contributed by atoms with E-state index in [0.29, 0.717) is 30.3 Å². The van der Waals surface area contributed by atoms with E-state index in [0.717, 1.165) is 23.4 Å². The average Bonchev–Trinajstić information content (AvgIpc) is 3.39. The normalized spacial score (nSPS) is 16.8. The fourth-order valence-corrected chi connectivity index (χ4v) is 3.49. The standard InChI is InChI=1S/C19H19N7O2/c1-12-21-15-10-13(2-3-16(15)28-12)23-19(27)25-8-6-14(11-25)22-17-4-5-18-20-7-9-26(18)24-17/h2-5,7,9-10,14H,6,8,11H2,1H3,(H,22,24)(H,23,27). The zero-order chi connectivity index (χ0) is 19.1. The topological polar surface area (TPSA) is 101 Å². The number of anilines is 2. The first-order valence-electron chi connectivity index (χ1n) is 9.14. The maximum absolute atomic E-state index is 12.6. The highest BCUT2D eigenvalue weighted by atomic mass is 16.3. The van der Waals surface area contributed by atoms with Gasteiger partial charge in [-0.15, -0.1) is 5.10 Å². The number of aryl methyl sites for hydroxylation is 1. The summed E-state index contributed by atoms with van der Waals surface area (Å²) in [7, 11) is 0. The van der Waals surface area contributed by atoms with Crippen LogP contribution in [0.1, 0.15) is 12.3 Å². The van der Waals surface area contributed by atoms with Gasteiger partial charge in [0.15, 0.2) is 17.1 Å². The summed E-state index contributed by atoms with van der Waals surface area (Å²) in [5.41, 5.74) is 2.95. The second-order valence-corrected chi connectivity index (χ2v) is 6.87. The van der Waals surface area contributed by atoms with E-state index in [9.17, 15) is 4.79 Å². The predicted octanol–water partition coefficient (Wildman–Crippen LogP) is 2.90. The molecule has 3 aromatic heterocycles. The number of amides is 2. The molecule has 2 amide bonds. The van der Waals surface area contributed by atoms with E-state index in [2.05, 4.69) is 25.7 Å². The number of imidazole rings is 1. The van der Waals surface area contributed by atoms with E-state index in [1.807, 2.05) is 36.5 Å². The van der Waals surface area contributed by atoms with Crippen LogP contribution in [0.4, 0.5) is 16.3 Å². The summed E-state index contributed by atoms with van der Waals surface area (Å²) in [6.45, 7) is 3.10. The van der Waals surface area contributed by atoms with E-state index in [4.69, 9.17) is 4.42 Å². The molecule has 1 aliphatic heterocycles. The zero-order valence-electron chi connectivity index (χ0n) is 15.3. The maximum Gasteiger partial charge on any atom is 0.321 e. The van der Waals surface area contributed by atoms with Crippen LogP contribution < -0.4 is 10.6 Å². The highest BCUT2D eigenvalue weighted by molar-refractivity contribution is 5.91. The first kappa shape index (κ1) is 16.5. The molecule has 9 nitrogen and oxygen atoms in total. The minimum absolute atomic E-state index is 0.123. The number of hydrogen-bond acceptors (Lipinski definition) is 6. The molecule has 5 rings (SSSR count). The lowest BCUT2D eigenvalue weighted by atomic mass is 10.2. The monoisotopic (exact) mass is 377 g/mol. The van der Waals surface area contributed by atoms with Gasteiger partial charge in [0.2, 0.25) is 0 Å². The molecule has 1 aliphatic rings. The molecule has 0 bridgehead atoms. The first-order chi connectivity index (χ1) is 13.6. The number of nitrogens with one attached hydrogen (secondary N) is 2. The largest absolute Gasteiger partial charge is 0.441 e. The number of nitrogens with zero attached hydrogens (tertiary/aromatic N) is 5. The van der Waals surface area contributed by atoms with Crippen molar-refractivity contribution in [3.8, 4) is 0 Å². The summed E-state index contributed by atoms with van der Waals surface area (Å²) in [6, 6.07) is 9.30. The second-order valence-electron chi connectivity index (χ2n) is 6.87. The van der Waals surface area contributed by atoms with E-state index >= 15 is 0 Å². The molecule has 142 valence electrons. The summed E-state index contributed by atoms with van der Waals surface area (Å²) >= 11 is 0. The van der Waals surface area contributed by atoms with Gasteiger partial charge in [-0.05, 0) is 36.8 Å². The molecule has 1 fully saturated rings. The maximum atomic E-state index is 12.6. The van der Waals surface area contributed by atoms with Crippen LogP contribution in [0.25, 0.3) is 16.7 Å². The third kappa shape index (κ3) is 3.11. The lowest BCUT2D eigenvalue weighted by Gasteiger charge is -2.18. The van der Waals surface area contributed by atoms with Crippen molar-refractivity contribution in [1.82, 2.24) is 24.5 Å². The Labute approximate surface area is 160 Å². The number of aromatic nitrogens is 4. The molecule has 0 aliphatic carbocycles. The van der Waals surface area contributed by atoms with Gasteiger partial charge >= 0.3 is 6.03 Å². The quantitative estimate of drug-likeness (QED) is 0.569. The Hall–Kier alpha value is -3.62. The molecule has 9 heteroatoms. The Morgan fingerprint density at radius 2 is 2.21 bits per heavy atom. The number of fused-ring (bicyclic) bond motifs is 2. The van der Waals surface area contributed by atoms with Crippen molar-refractivity contribution in [3.63, 3.8) is 0 Å². The van der Waals surface area contributed by atoms with Crippen molar-refractivity contribution in [3.05, 3.63) is 48.6 Å². The lowest BCUT2D eigenvalue weighted by Crippen LogP contribution is -2.35. The van der Waals surface area contributed by atoms with Crippen molar-refractivity contribution < 1.29 is 9.21 Å². The van der Waals surface area contributed by atoms with Crippen LogP contribution in [0, 0.1) is 6.92 Å². The third-order valence-electron chi connectivity index (χ3n) is 4.83. The summed E-state index contributed by atoms with van der Waals surface area (Å²) in [5, 5.41) is 10.8. The van der Waals surface area contributed by atoms with Crippen LogP contribution in [-0.4, -0.2) is 49.6 Å². The number of carbonyl (C=O) groups excluding carboxylic acids is 1. The molecule has 2 N–H and O–H groups in total. The van der Waals surface area contributed by atoms with Crippen molar-refractivity contribution in [2.24, 2.45) is 0 Å². The van der Waals surface area contributed by atoms with Crippen LogP contribution in [-0.2, 0) is 0 Å². The number of likely N-dealkylation sites (tertiary alicyclic amines) is 1. The van der Waals surface area contributed by atoms with Crippen LogP contribution >= 0.6 is 0 Å². The number of rotatable bonds is 3. The molecule has 0 radical (unpaired) electrons. The highest BCUT2D eigenvalue weighted by Gasteiger charge is 2.26. The molecule has 1 unspecified atom stereocenters. The Bertz CT molecular complexity index is 1170. The zero-order valence-corrected chi connectivity index (χ0v) is 15.3. The minimum atomic E-state index is -0.123. The molecule has 0 saturated carbocycles. The number of urea groups is 1. The second kappa shape index (κ2) is 6.52. The Balaban J connectivity index is 1.22.